The molecule has 0 aromatic heterocycles. The van der Waals surface area contributed by atoms with Crippen molar-refractivity contribution in [2.45, 2.75) is 26.1 Å². The monoisotopic (exact) mass is 273 g/mol. The second-order valence-corrected chi connectivity index (χ2v) is 4.10. The van der Waals surface area contributed by atoms with Crippen LogP contribution in [0.15, 0.2) is 18.2 Å². The largest absolute Gasteiger partial charge is 0.481 e. The van der Waals surface area contributed by atoms with Gasteiger partial charge in [-0.25, -0.2) is 0 Å². The number of halogens is 1. The molecule has 1 rings (SSSR count). The van der Waals surface area contributed by atoms with Crippen molar-refractivity contribution in [3.63, 3.8) is 0 Å². The summed E-state index contributed by atoms with van der Waals surface area (Å²) >= 11 is 5.87. The number of hydrogen-bond acceptors (Lipinski definition) is 4. The second kappa shape index (κ2) is 6.98. The number of rotatable bonds is 7. The Bertz CT molecular complexity index is 463. The van der Waals surface area contributed by atoms with Crippen LogP contribution in [-0.2, 0) is 27.5 Å². The van der Waals surface area contributed by atoms with Gasteiger partial charge in [0.05, 0.1) is 19.4 Å². The fourth-order valence-electron chi connectivity index (χ4n) is 1.33. The Balaban J connectivity index is 2.52. The molecular weight excluding hydrogens is 260 g/mol. The molecule has 6 heteroatoms. The minimum absolute atomic E-state index is 0.00398. The maximum absolute atomic E-state index is 11.2. The number of esters is 1. The Kier molecular flexibility index (Phi) is 4.99. The van der Waals surface area contributed by atoms with E-state index in [0.29, 0.717) is 16.1 Å². The van der Waals surface area contributed by atoms with Gasteiger partial charge in [-0.05, 0) is 29.3 Å². The smallest absolute Gasteiger partial charge is 0.306 e. The van der Waals surface area contributed by atoms with Gasteiger partial charge in [-0.15, -0.1) is 0 Å². The third-order valence-corrected chi connectivity index (χ3v) is 2.35. The lowest BCUT2D eigenvalue weighted by molar-refractivity contribution is -0.148. The van der Waals surface area contributed by atoms with E-state index in [0.717, 1.165) is 0 Å². The average Bonchev–Trinajstić information content (AvgIpc) is 2.33. The third-order valence-electron chi connectivity index (χ3n) is 2.13. The number of carbonyl (C=O) groups is 2. The number of carboxylic acid groups (broad SMARTS) is 1. The maximum atomic E-state index is 11.2. The van der Waals surface area contributed by atoms with Crippen LogP contribution in [0.3, 0.4) is 0 Å². The van der Waals surface area contributed by atoms with Crippen molar-refractivity contribution in [3.05, 3.63) is 34.3 Å². The number of hydrogen-bond donors (Lipinski definition) is 2. The van der Waals surface area contributed by atoms with Gasteiger partial charge in [0, 0.05) is 5.02 Å². The molecule has 0 bridgehead atoms. The van der Waals surface area contributed by atoms with Crippen LogP contribution in [0.1, 0.15) is 24.0 Å². The minimum Gasteiger partial charge on any atom is -0.481 e. The topological polar surface area (TPSA) is 83.8 Å². The molecule has 1 aromatic carbocycles. The first-order valence-corrected chi connectivity index (χ1v) is 5.63. The van der Waals surface area contributed by atoms with Gasteiger partial charge >= 0.3 is 11.9 Å². The summed E-state index contributed by atoms with van der Waals surface area (Å²) in [6, 6.07) is 4.97. The Morgan fingerprint density at radius 3 is 2.67 bits per heavy atom. The van der Waals surface area contributed by atoms with E-state index in [9.17, 15) is 9.59 Å². The fourth-order valence-corrected chi connectivity index (χ4v) is 1.61. The number of carboxylic acids is 1. The number of carbonyl (C=O) groups excluding carboxylic acids is 1. The molecule has 0 aliphatic carbocycles. The van der Waals surface area contributed by atoms with Gasteiger partial charge in [-0.3, -0.25) is 9.59 Å². The highest BCUT2D eigenvalue weighted by Crippen LogP contribution is 2.16. The lowest BCUT2D eigenvalue weighted by Crippen LogP contribution is -2.07. The zero-order chi connectivity index (χ0) is 14.3. The van der Waals surface area contributed by atoms with Gasteiger partial charge in [0.15, 0.2) is 0 Å². The van der Waals surface area contributed by atoms with Crippen molar-refractivity contribution in [2.75, 3.05) is 0 Å². The molecule has 0 unspecified atom stereocenters. The van der Waals surface area contributed by atoms with Crippen molar-refractivity contribution in [1.29, 1.82) is 1.43 Å². The third kappa shape index (κ3) is 5.16. The molecule has 5 nitrogen and oxygen atoms in total. The molecule has 0 spiro atoms. The Morgan fingerprint density at radius 2 is 2.00 bits per heavy atom. The van der Waals surface area contributed by atoms with Crippen molar-refractivity contribution in [1.82, 2.24) is 0 Å². The van der Waals surface area contributed by atoms with E-state index in [1.54, 1.807) is 18.2 Å². The molecule has 98 valence electrons. The standard InChI is InChI=1S/C12H13ClO5/c13-10-4-8(6-14)3-9(5-10)7-18-12(17)2-1-11(15)16/h3-5,14H,1-2,6-7H2,(H,15,16)/i14D. The van der Waals surface area contributed by atoms with E-state index in [-0.39, 0.29) is 26.1 Å². The van der Waals surface area contributed by atoms with E-state index in [2.05, 4.69) is 5.11 Å². The maximum Gasteiger partial charge on any atom is 0.306 e. The summed E-state index contributed by atoms with van der Waals surface area (Å²) in [7, 11) is 0. The first-order chi connectivity index (χ1) is 9.01. The summed E-state index contributed by atoms with van der Waals surface area (Å²) in [6.45, 7) is 0.0878. The number of aliphatic hydroxyl groups is 1. The second-order valence-electron chi connectivity index (χ2n) is 3.67. The molecule has 0 amide bonds. The first kappa shape index (κ1) is 12.9. The number of ether oxygens (including phenoxy) is 1. The summed E-state index contributed by atoms with van der Waals surface area (Å²) in [5.74, 6) is -1.63. The van der Waals surface area contributed by atoms with Crippen LogP contribution < -0.4 is 0 Å². The summed E-state index contributed by atoms with van der Waals surface area (Å²) in [6.07, 6.45) is -0.426. The van der Waals surface area contributed by atoms with Crippen molar-refractivity contribution in [2.24, 2.45) is 0 Å². The van der Waals surface area contributed by atoms with Gasteiger partial charge in [-0.1, -0.05) is 11.6 Å². The van der Waals surface area contributed by atoms with E-state index in [1.807, 2.05) is 0 Å². The summed E-state index contributed by atoms with van der Waals surface area (Å²) < 4.78 is 11.6. The first-order valence-electron chi connectivity index (χ1n) is 5.66. The summed E-state index contributed by atoms with van der Waals surface area (Å²) in [5.41, 5.74) is 1.35. The number of aliphatic carboxylic acids is 1. The zero-order valence-corrected chi connectivity index (χ0v) is 10.3. The number of benzene rings is 1. The lowest BCUT2D eigenvalue weighted by atomic mass is 10.1. The van der Waals surface area contributed by atoms with Crippen molar-refractivity contribution in [3.8, 4) is 0 Å². The van der Waals surface area contributed by atoms with Gasteiger partial charge in [0.2, 0.25) is 1.43 Å². The molecule has 0 atom stereocenters. The molecule has 0 saturated carbocycles. The van der Waals surface area contributed by atoms with Gasteiger partial charge in [-0.2, -0.15) is 0 Å². The van der Waals surface area contributed by atoms with Gasteiger partial charge in [0.25, 0.3) is 0 Å². The van der Waals surface area contributed by atoms with Crippen LogP contribution in [0.25, 0.3) is 0 Å². The molecule has 0 heterocycles. The van der Waals surface area contributed by atoms with Crippen LogP contribution in [0.4, 0.5) is 0 Å². The molecule has 18 heavy (non-hydrogen) atoms. The van der Waals surface area contributed by atoms with Gasteiger partial charge in [0.1, 0.15) is 6.61 Å². The van der Waals surface area contributed by atoms with Crippen LogP contribution in [0.5, 0.6) is 0 Å². The Labute approximate surface area is 110 Å². The van der Waals surface area contributed by atoms with Crippen molar-refractivity contribution < 1.29 is 24.5 Å². The SMILES string of the molecule is [2H]OCc1cc(Cl)cc(COC(=O)CCC(=O)O)c1. The lowest BCUT2D eigenvalue weighted by Gasteiger charge is -2.06. The quantitative estimate of drug-likeness (QED) is 0.739. The van der Waals surface area contributed by atoms with Gasteiger partial charge < -0.3 is 15.0 Å². The molecule has 0 saturated heterocycles. The highest BCUT2D eigenvalue weighted by Gasteiger charge is 2.07. The predicted octanol–water partition coefficient (Wildman–Crippen LogP) is 1.74. The number of aliphatic hydroxyl groups excluding tert-OH is 1. The normalized spacial score (nSPS) is 10.8. The molecule has 2 N–H and O–H groups in total. The fraction of sp³-hybridized carbons (Fsp3) is 0.333. The predicted molar refractivity (Wildman–Crippen MR) is 64.0 cm³/mol. The Hall–Kier alpha value is -1.59. The molecule has 1 aromatic rings. The van der Waals surface area contributed by atoms with Crippen molar-refractivity contribution >= 4 is 23.5 Å². The molecule has 0 fully saturated rings. The van der Waals surface area contributed by atoms with Crippen LogP contribution >= 0.6 is 11.6 Å². The average molecular weight is 274 g/mol. The molecule has 0 radical (unpaired) electrons. The van der Waals surface area contributed by atoms with Crippen LogP contribution in [-0.4, -0.2) is 23.6 Å². The van der Waals surface area contributed by atoms with E-state index >= 15 is 0 Å². The van der Waals surface area contributed by atoms with E-state index in [1.165, 1.54) is 0 Å². The van der Waals surface area contributed by atoms with E-state index < -0.39 is 11.9 Å². The minimum atomic E-state index is -1.05. The molecule has 0 aliphatic heterocycles. The Morgan fingerprint density at radius 1 is 1.28 bits per heavy atom. The highest BCUT2D eigenvalue weighted by molar-refractivity contribution is 6.30. The molecular formula is C12H13ClO5. The van der Waals surface area contributed by atoms with Crippen LogP contribution in [0.2, 0.25) is 5.02 Å². The summed E-state index contributed by atoms with van der Waals surface area (Å²) in [4.78, 5) is 21.5. The zero-order valence-electron chi connectivity index (χ0n) is 10.5. The summed E-state index contributed by atoms with van der Waals surface area (Å²) in [5, 5.41) is 13.1. The molecule has 0 aliphatic rings. The highest BCUT2D eigenvalue weighted by atomic mass is 35.5. The van der Waals surface area contributed by atoms with E-state index in [4.69, 9.17) is 22.9 Å². The van der Waals surface area contributed by atoms with Crippen LogP contribution in [0, 0.1) is 0 Å².